The molecule has 4 aliphatic rings. The van der Waals surface area contributed by atoms with Gasteiger partial charge in [0.05, 0.1) is 12.7 Å². The third kappa shape index (κ3) is 7.57. The first-order valence-electron chi connectivity index (χ1n) is 17.1. The highest BCUT2D eigenvalue weighted by Crippen LogP contribution is 2.67. The average Bonchev–Trinajstić information content (AvgIpc) is 3.31. The summed E-state index contributed by atoms with van der Waals surface area (Å²) in [6.07, 6.45) is 6.20. The number of phosphoric ester groups is 1. The summed E-state index contributed by atoms with van der Waals surface area (Å²) in [5.41, 5.74) is 1.73. The first kappa shape index (κ1) is 36.2. The number of aliphatic hydroxyl groups excluding tert-OH is 4. The molecule has 0 bridgehead atoms. The van der Waals surface area contributed by atoms with E-state index in [-0.39, 0.29) is 5.41 Å². The fourth-order valence-electron chi connectivity index (χ4n) is 9.88. The number of carbonyl (C=O) groups excluding carboxylic acids is 1. The Kier molecular flexibility index (Phi) is 11.7. The Hall–Kier alpha value is -0.640. The molecule has 44 heavy (non-hydrogen) atoms. The van der Waals surface area contributed by atoms with Crippen molar-refractivity contribution in [2.24, 2.45) is 46.3 Å². The average molecular weight is 642 g/mol. The Labute approximate surface area is 264 Å². The normalized spacial score (nSPS) is 38.4. The molecule has 4 rings (SSSR count). The van der Waals surface area contributed by atoms with Crippen molar-refractivity contribution < 1.29 is 43.7 Å². The minimum Gasteiger partial charge on any atom is -0.756 e. The van der Waals surface area contributed by atoms with Gasteiger partial charge in [-0.1, -0.05) is 65.5 Å². The van der Waals surface area contributed by atoms with Crippen molar-refractivity contribution in [1.82, 2.24) is 0 Å². The van der Waals surface area contributed by atoms with E-state index < -0.39 is 50.7 Å². The van der Waals surface area contributed by atoms with Crippen molar-refractivity contribution in [3.63, 3.8) is 0 Å². The second kappa shape index (κ2) is 14.2. The quantitative estimate of drug-likeness (QED) is 0.153. The van der Waals surface area contributed by atoms with E-state index in [2.05, 4.69) is 40.7 Å². The van der Waals surface area contributed by atoms with Crippen LogP contribution in [-0.2, 0) is 18.4 Å². The summed E-state index contributed by atoms with van der Waals surface area (Å²) < 4.78 is 22.9. The molecule has 0 aliphatic heterocycles. The molecule has 0 aromatic heterocycles. The zero-order chi connectivity index (χ0) is 32.6. The summed E-state index contributed by atoms with van der Waals surface area (Å²) in [4.78, 5) is 23.9. The van der Waals surface area contributed by atoms with E-state index in [1.807, 2.05) is 0 Å². The molecule has 10 heteroatoms. The third-order valence-corrected chi connectivity index (χ3v) is 13.4. The predicted molar refractivity (Wildman–Crippen MR) is 166 cm³/mol. The van der Waals surface area contributed by atoms with Crippen LogP contribution in [0.2, 0.25) is 0 Å². The van der Waals surface area contributed by atoms with Crippen LogP contribution in [0.3, 0.4) is 0 Å². The number of phosphoric acid groups is 1. The maximum absolute atomic E-state index is 12.7. The lowest BCUT2D eigenvalue weighted by Crippen LogP contribution is -2.51. The van der Waals surface area contributed by atoms with E-state index in [0.29, 0.717) is 30.1 Å². The fourth-order valence-corrected chi connectivity index (χ4v) is 10.8. The van der Waals surface area contributed by atoms with Gasteiger partial charge in [0.2, 0.25) is 0 Å². The molecule has 3 fully saturated rings. The molecular weight excluding hydrogens is 583 g/mol. The molecule has 13 atom stereocenters. The van der Waals surface area contributed by atoms with Gasteiger partial charge < -0.3 is 34.4 Å². The molecule has 0 aromatic rings. The summed E-state index contributed by atoms with van der Waals surface area (Å²) in [7, 11) is -4.84. The van der Waals surface area contributed by atoms with Gasteiger partial charge in [0, 0.05) is 0 Å². The Morgan fingerprint density at radius 2 is 1.73 bits per heavy atom. The summed E-state index contributed by atoms with van der Waals surface area (Å²) in [6, 6.07) is 0. The van der Waals surface area contributed by atoms with Crippen LogP contribution >= 0.6 is 7.82 Å². The van der Waals surface area contributed by atoms with Crippen LogP contribution < -0.4 is 4.89 Å². The zero-order valence-electron chi connectivity index (χ0n) is 27.7. The molecule has 8 unspecified atom stereocenters. The van der Waals surface area contributed by atoms with Crippen molar-refractivity contribution in [2.45, 2.75) is 143 Å². The molecule has 0 spiro atoms. The molecule has 0 saturated heterocycles. The number of hydrogen-bond acceptors (Lipinski definition) is 9. The number of rotatable bonds is 14. The van der Waals surface area contributed by atoms with Crippen LogP contribution in [0.25, 0.3) is 0 Å². The second-order valence-electron chi connectivity index (χ2n) is 15.6. The van der Waals surface area contributed by atoms with Crippen LogP contribution in [0.1, 0.15) is 112 Å². The number of allylic oxidation sites excluding steroid dienone is 1. The highest BCUT2D eigenvalue weighted by Gasteiger charge is 2.59. The largest absolute Gasteiger partial charge is 0.756 e. The van der Waals surface area contributed by atoms with Crippen LogP contribution in [0, 0.1) is 46.3 Å². The van der Waals surface area contributed by atoms with Crippen molar-refractivity contribution in [1.29, 1.82) is 0 Å². The van der Waals surface area contributed by atoms with Crippen molar-refractivity contribution in [2.75, 3.05) is 6.61 Å². The second-order valence-corrected chi connectivity index (χ2v) is 17.0. The van der Waals surface area contributed by atoms with Gasteiger partial charge in [-0.25, -0.2) is 0 Å². The van der Waals surface area contributed by atoms with E-state index in [1.54, 1.807) is 0 Å². The number of fused-ring (bicyclic) bond motifs is 5. The molecular formula is C34H58O9P-. The summed E-state index contributed by atoms with van der Waals surface area (Å²) >= 11 is 0. The lowest BCUT2D eigenvalue weighted by molar-refractivity contribution is -0.234. The molecule has 0 radical (unpaired) electrons. The highest BCUT2D eigenvalue weighted by molar-refractivity contribution is 7.45. The van der Waals surface area contributed by atoms with Crippen LogP contribution in [-0.4, -0.2) is 63.3 Å². The molecule has 4 aliphatic carbocycles. The summed E-state index contributed by atoms with van der Waals surface area (Å²) in [6.45, 7) is 12.2. The van der Waals surface area contributed by atoms with Gasteiger partial charge in [0.1, 0.15) is 24.4 Å². The Morgan fingerprint density at radius 3 is 2.39 bits per heavy atom. The monoisotopic (exact) mass is 641 g/mol. The number of carbonyl (C=O) groups is 1. The maximum Gasteiger partial charge on any atom is 0.268 e. The molecule has 0 amide bonds. The van der Waals surface area contributed by atoms with Crippen molar-refractivity contribution >= 4 is 13.6 Å². The van der Waals surface area contributed by atoms with Crippen LogP contribution in [0.15, 0.2) is 11.6 Å². The highest BCUT2D eigenvalue weighted by atomic mass is 31.2. The molecule has 0 aromatic carbocycles. The van der Waals surface area contributed by atoms with E-state index in [0.717, 1.165) is 43.4 Å². The van der Waals surface area contributed by atoms with Gasteiger partial charge in [-0.2, -0.15) is 0 Å². The van der Waals surface area contributed by atoms with Gasteiger partial charge in [-0.15, -0.1) is 0 Å². The topological polar surface area (TPSA) is 157 Å². The van der Waals surface area contributed by atoms with Gasteiger partial charge in [-0.3, -0.25) is 9.36 Å². The standard InChI is InChI=1S/C34H59O9P/c1-20(2)8-7-9-21(3)26-12-13-27-25-11-10-23-18-24(14-16-33(23,5)28(25)15-17-34(26,27)6)43-44(40,41)42-19-29(36)31(38)32(39)30(37)22(4)35/h10,20-21,24-32,36-39H,7-9,11-19H2,1-6H3,(H,40,41)/p-1/t21-,24+,25?,26-,27?,28?,29?,30?,31?,32?,33+,34-/m1/s1. The minimum atomic E-state index is -4.84. The maximum atomic E-state index is 12.7. The third-order valence-electron chi connectivity index (χ3n) is 12.4. The molecule has 3 saturated carbocycles. The molecule has 254 valence electrons. The van der Waals surface area contributed by atoms with Gasteiger partial charge >= 0.3 is 0 Å². The zero-order valence-corrected chi connectivity index (χ0v) is 28.6. The lowest BCUT2D eigenvalue weighted by Gasteiger charge is -2.58. The summed E-state index contributed by atoms with van der Waals surface area (Å²) in [5, 5.41) is 39.6. The Morgan fingerprint density at radius 1 is 1.02 bits per heavy atom. The van der Waals surface area contributed by atoms with E-state index in [9.17, 15) is 34.7 Å². The summed E-state index contributed by atoms with van der Waals surface area (Å²) in [5.74, 6) is 3.55. The minimum absolute atomic E-state index is 0.0345. The first-order chi connectivity index (χ1) is 20.5. The van der Waals surface area contributed by atoms with Gasteiger partial charge in [0.15, 0.2) is 5.78 Å². The van der Waals surface area contributed by atoms with Crippen molar-refractivity contribution in [3.8, 4) is 0 Å². The van der Waals surface area contributed by atoms with E-state index in [1.165, 1.54) is 50.5 Å². The van der Waals surface area contributed by atoms with Crippen molar-refractivity contribution in [3.05, 3.63) is 11.6 Å². The number of aliphatic hydroxyl groups is 4. The van der Waals surface area contributed by atoms with Gasteiger partial charge in [0.25, 0.3) is 7.82 Å². The Balaban J connectivity index is 1.34. The lowest BCUT2D eigenvalue weighted by atomic mass is 9.47. The molecule has 9 nitrogen and oxygen atoms in total. The smallest absolute Gasteiger partial charge is 0.268 e. The van der Waals surface area contributed by atoms with Crippen LogP contribution in [0.5, 0.6) is 0 Å². The van der Waals surface area contributed by atoms with Crippen LogP contribution in [0.4, 0.5) is 0 Å². The first-order valence-corrected chi connectivity index (χ1v) is 18.5. The predicted octanol–water partition coefficient (Wildman–Crippen LogP) is 4.93. The van der Waals surface area contributed by atoms with E-state index in [4.69, 9.17) is 9.05 Å². The van der Waals surface area contributed by atoms with Gasteiger partial charge in [-0.05, 0) is 105 Å². The molecule has 4 N–H and O–H groups in total. The number of hydrogen-bond donors (Lipinski definition) is 4. The molecule has 0 heterocycles. The SMILES string of the molecule is CC(=O)C(O)C(O)C(O)C(O)COP(=O)([O-])O[C@H]1CC[C@@]2(C)C(=CCC3C2CC[C@@]2(C)C3CC[C@@H]2[C@H](C)CCCC(C)C)C1. The van der Waals surface area contributed by atoms with E-state index >= 15 is 0 Å². The Bertz CT molecular complexity index is 1080. The fraction of sp³-hybridized carbons (Fsp3) is 0.912. The number of Topliss-reactive ketones (excluding diaryl/α,β-unsaturated/α-hetero) is 1. The number of ketones is 1.